The van der Waals surface area contributed by atoms with E-state index in [0.29, 0.717) is 5.75 Å². The molecule has 0 bridgehead atoms. The number of carbonyl (C=O) groups excluding carboxylic acids is 1. The number of nitrogens with zero attached hydrogens (tertiary/aromatic N) is 2. The minimum absolute atomic E-state index is 0.128. The molecule has 1 aromatic carbocycles. The summed E-state index contributed by atoms with van der Waals surface area (Å²) in [5, 5.41) is 9.86. The van der Waals surface area contributed by atoms with Gasteiger partial charge in [0.05, 0.1) is 35.9 Å². The number of benzene rings is 1. The number of hydrogen-bond acceptors (Lipinski definition) is 5. The van der Waals surface area contributed by atoms with Crippen molar-refractivity contribution in [3.63, 3.8) is 0 Å². The lowest BCUT2D eigenvalue weighted by Gasteiger charge is -2.34. The SMILES string of the molecule is CCCCCCCCCCOc1ccc(-c2ccc(OC(=O)[C@H]3CC[C@@](C#N)(CCCCCCC)CC3)cc2)nc1. The fourth-order valence-electron chi connectivity index (χ4n) is 5.85. The van der Waals surface area contributed by atoms with Gasteiger partial charge in [-0.1, -0.05) is 90.9 Å². The lowest BCUT2D eigenvalue weighted by molar-refractivity contribution is -0.140. The molecular weight excluding hydrogens is 508 g/mol. The smallest absolute Gasteiger partial charge is 0.314 e. The number of carbonyl (C=O) groups is 1. The summed E-state index contributed by atoms with van der Waals surface area (Å²) in [7, 11) is 0. The standard InChI is InChI=1S/C36H52N2O3/c1-3-5-7-9-10-11-13-15-27-40-33-20-21-34(38-28-33)30-16-18-32(19-17-30)41-35(39)31-22-25-36(29-37,26-23-31)24-14-12-8-6-4-2/h16-21,28,31H,3-15,22-27H2,1-2H3/t31-,36-. The van der Waals surface area contributed by atoms with Gasteiger partial charge in [-0.05, 0) is 74.9 Å². The largest absolute Gasteiger partial charge is 0.492 e. The van der Waals surface area contributed by atoms with E-state index in [-0.39, 0.29) is 17.3 Å². The zero-order chi connectivity index (χ0) is 29.2. The number of unbranched alkanes of at least 4 members (excludes halogenated alkanes) is 11. The van der Waals surface area contributed by atoms with Crippen LogP contribution in [0.3, 0.4) is 0 Å². The molecule has 1 saturated carbocycles. The van der Waals surface area contributed by atoms with Crippen LogP contribution in [0.5, 0.6) is 11.5 Å². The van der Waals surface area contributed by atoms with Crippen LogP contribution in [-0.2, 0) is 4.79 Å². The van der Waals surface area contributed by atoms with Crippen LogP contribution in [0.1, 0.15) is 129 Å². The second-order valence-electron chi connectivity index (χ2n) is 12.0. The maximum absolute atomic E-state index is 12.9. The van der Waals surface area contributed by atoms with Crippen molar-refractivity contribution in [3.8, 4) is 28.8 Å². The molecule has 1 fully saturated rings. The van der Waals surface area contributed by atoms with Crippen molar-refractivity contribution in [1.29, 1.82) is 5.26 Å². The molecule has 1 heterocycles. The minimum atomic E-state index is -0.258. The van der Waals surface area contributed by atoms with E-state index in [1.54, 1.807) is 6.20 Å². The van der Waals surface area contributed by atoms with Crippen molar-refractivity contribution in [1.82, 2.24) is 4.98 Å². The Labute approximate surface area is 249 Å². The summed E-state index contributed by atoms with van der Waals surface area (Å²) >= 11 is 0. The first kappa shape index (κ1) is 32.6. The molecule has 5 nitrogen and oxygen atoms in total. The van der Waals surface area contributed by atoms with E-state index in [4.69, 9.17) is 9.47 Å². The van der Waals surface area contributed by atoms with E-state index in [9.17, 15) is 10.1 Å². The molecule has 0 unspecified atom stereocenters. The highest BCUT2D eigenvalue weighted by atomic mass is 16.5. The van der Waals surface area contributed by atoms with Crippen LogP contribution in [0.2, 0.25) is 0 Å². The molecule has 41 heavy (non-hydrogen) atoms. The van der Waals surface area contributed by atoms with Gasteiger partial charge in [-0.15, -0.1) is 0 Å². The molecule has 0 atom stereocenters. The quantitative estimate of drug-likeness (QED) is 0.0970. The number of ether oxygens (including phenoxy) is 2. The Morgan fingerprint density at radius 2 is 1.41 bits per heavy atom. The van der Waals surface area contributed by atoms with Crippen molar-refractivity contribution in [2.75, 3.05) is 6.61 Å². The van der Waals surface area contributed by atoms with Crippen LogP contribution in [0.15, 0.2) is 42.6 Å². The summed E-state index contributed by atoms with van der Waals surface area (Å²) < 4.78 is 11.6. The molecule has 0 aliphatic heterocycles. The average molecular weight is 561 g/mol. The fraction of sp³-hybridized carbons (Fsp3) is 0.639. The summed E-state index contributed by atoms with van der Waals surface area (Å²) in [6.07, 6.45) is 22.1. The van der Waals surface area contributed by atoms with E-state index in [0.717, 1.165) is 68.6 Å². The van der Waals surface area contributed by atoms with Gasteiger partial charge in [-0.3, -0.25) is 9.78 Å². The third kappa shape index (κ3) is 11.5. The Balaban J connectivity index is 1.37. The third-order valence-electron chi connectivity index (χ3n) is 8.64. The number of esters is 1. The van der Waals surface area contributed by atoms with Gasteiger partial charge in [0.25, 0.3) is 0 Å². The molecule has 1 aliphatic rings. The van der Waals surface area contributed by atoms with Gasteiger partial charge >= 0.3 is 5.97 Å². The van der Waals surface area contributed by atoms with E-state index in [1.165, 1.54) is 70.6 Å². The average Bonchev–Trinajstić information content (AvgIpc) is 3.01. The van der Waals surface area contributed by atoms with Crippen molar-refractivity contribution in [3.05, 3.63) is 42.6 Å². The molecule has 0 amide bonds. The molecule has 0 spiro atoms. The number of nitriles is 1. The second kappa shape index (κ2) is 18.5. The van der Waals surface area contributed by atoms with Crippen LogP contribution in [0.25, 0.3) is 11.3 Å². The van der Waals surface area contributed by atoms with E-state index in [2.05, 4.69) is 24.9 Å². The van der Waals surface area contributed by atoms with Gasteiger partial charge < -0.3 is 9.47 Å². The zero-order valence-electron chi connectivity index (χ0n) is 25.7. The van der Waals surface area contributed by atoms with E-state index < -0.39 is 0 Å². The molecule has 0 N–H and O–H groups in total. The summed E-state index contributed by atoms with van der Waals surface area (Å²) in [5.41, 5.74) is 1.57. The first-order valence-corrected chi connectivity index (χ1v) is 16.4. The molecule has 5 heteroatoms. The zero-order valence-corrected chi connectivity index (χ0v) is 25.7. The highest BCUT2D eigenvalue weighted by Crippen LogP contribution is 2.43. The van der Waals surface area contributed by atoms with Gasteiger partial charge in [0, 0.05) is 5.56 Å². The third-order valence-corrected chi connectivity index (χ3v) is 8.64. The number of aromatic nitrogens is 1. The number of hydrogen-bond donors (Lipinski definition) is 0. The Kier molecular flexibility index (Phi) is 14.8. The summed E-state index contributed by atoms with van der Waals surface area (Å²) in [6, 6.07) is 14.1. The first-order chi connectivity index (χ1) is 20.1. The molecule has 0 radical (unpaired) electrons. The summed E-state index contributed by atoms with van der Waals surface area (Å²) in [5.74, 6) is 1.04. The predicted molar refractivity (Wildman–Crippen MR) is 167 cm³/mol. The highest BCUT2D eigenvalue weighted by Gasteiger charge is 2.38. The highest BCUT2D eigenvalue weighted by molar-refractivity contribution is 5.75. The molecule has 1 aliphatic carbocycles. The fourth-order valence-corrected chi connectivity index (χ4v) is 5.85. The van der Waals surface area contributed by atoms with Gasteiger partial charge in [0.1, 0.15) is 11.5 Å². The van der Waals surface area contributed by atoms with Crippen molar-refractivity contribution in [2.45, 2.75) is 129 Å². The van der Waals surface area contributed by atoms with Crippen LogP contribution in [0, 0.1) is 22.7 Å². The summed E-state index contributed by atoms with van der Waals surface area (Å²) in [4.78, 5) is 17.4. The lowest BCUT2D eigenvalue weighted by Crippen LogP contribution is -2.31. The molecule has 224 valence electrons. The molecule has 1 aromatic heterocycles. The Bertz CT molecular complexity index is 1030. The van der Waals surface area contributed by atoms with Gasteiger partial charge in [0.15, 0.2) is 0 Å². The molecular formula is C36H52N2O3. The monoisotopic (exact) mass is 560 g/mol. The van der Waals surface area contributed by atoms with Gasteiger partial charge in [-0.2, -0.15) is 5.26 Å². The van der Waals surface area contributed by atoms with Crippen molar-refractivity contribution < 1.29 is 14.3 Å². The number of rotatable bonds is 19. The Morgan fingerprint density at radius 3 is 2.00 bits per heavy atom. The summed E-state index contributed by atoms with van der Waals surface area (Å²) in [6.45, 7) is 5.20. The number of pyridine rings is 1. The predicted octanol–water partition coefficient (Wildman–Crippen LogP) is 10.2. The van der Waals surface area contributed by atoms with Crippen LogP contribution in [-0.4, -0.2) is 17.6 Å². The normalized spacial score (nSPS) is 18.5. The molecule has 0 saturated heterocycles. The van der Waals surface area contributed by atoms with Crippen LogP contribution < -0.4 is 9.47 Å². The van der Waals surface area contributed by atoms with Crippen molar-refractivity contribution in [2.24, 2.45) is 11.3 Å². The first-order valence-electron chi connectivity index (χ1n) is 16.4. The second-order valence-corrected chi connectivity index (χ2v) is 12.0. The van der Waals surface area contributed by atoms with Gasteiger partial charge in [-0.25, -0.2) is 0 Å². The van der Waals surface area contributed by atoms with Crippen LogP contribution in [0.4, 0.5) is 0 Å². The molecule has 2 aromatic rings. The Morgan fingerprint density at radius 1 is 0.829 bits per heavy atom. The maximum Gasteiger partial charge on any atom is 0.314 e. The van der Waals surface area contributed by atoms with Crippen LogP contribution >= 0.6 is 0 Å². The Hall–Kier alpha value is -2.87. The lowest BCUT2D eigenvalue weighted by atomic mass is 9.69. The topological polar surface area (TPSA) is 72.2 Å². The van der Waals surface area contributed by atoms with E-state index >= 15 is 0 Å². The maximum atomic E-state index is 12.9. The van der Waals surface area contributed by atoms with Gasteiger partial charge in [0.2, 0.25) is 0 Å². The molecule has 3 rings (SSSR count). The minimum Gasteiger partial charge on any atom is -0.492 e. The van der Waals surface area contributed by atoms with E-state index in [1.807, 2.05) is 36.4 Å². The van der Waals surface area contributed by atoms with Crippen molar-refractivity contribution >= 4 is 5.97 Å².